The van der Waals surface area contributed by atoms with E-state index in [1.807, 2.05) is 13.8 Å². The second kappa shape index (κ2) is 8.82. The number of nitrogens with zero attached hydrogens (tertiary/aromatic N) is 3. The number of rotatable bonds is 4. The fraction of sp³-hybridized carbons (Fsp3) is 0.480. The number of carbonyl (C=O) groups is 1. The van der Waals surface area contributed by atoms with E-state index in [9.17, 15) is 9.18 Å². The smallest absolute Gasteiger partial charge is 0.258 e. The van der Waals surface area contributed by atoms with E-state index in [1.165, 1.54) is 18.2 Å². The number of amides is 1. The Morgan fingerprint density at radius 2 is 1.97 bits per heavy atom. The van der Waals surface area contributed by atoms with Gasteiger partial charge in [-0.3, -0.25) is 4.79 Å². The average molecular weight is 486 g/mol. The van der Waals surface area contributed by atoms with E-state index in [2.05, 4.69) is 22.2 Å². The van der Waals surface area contributed by atoms with E-state index in [0.717, 1.165) is 19.3 Å². The van der Waals surface area contributed by atoms with Crippen molar-refractivity contribution >= 4 is 23.1 Å². The van der Waals surface area contributed by atoms with Crippen molar-refractivity contribution in [3.05, 3.63) is 57.5 Å². The Morgan fingerprint density at radius 3 is 2.65 bits per heavy atom. The molecule has 3 unspecified atom stereocenters. The van der Waals surface area contributed by atoms with Crippen LogP contribution < -0.4 is 15.8 Å². The van der Waals surface area contributed by atoms with Crippen molar-refractivity contribution in [1.82, 2.24) is 20.2 Å². The number of nitrogens with one attached hydrogen (secondary N) is 1. The van der Waals surface area contributed by atoms with Gasteiger partial charge in [-0.1, -0.05) is 11.6 Å². The summed E-state index contributed by atoms with van der Waals surface area (Å²) in [5.41, 5.74) is 9.19. The Hall–Kier alpha value is -2.71. The molecule has 4 atom stereocenters. The molecule has 3 aliphatic rings. The van der Waals surface area contributed by atoms with Gasteiger partial charge < -0.3 is 20.7 Å². The second-order valence-electron chi connectivity index (χ2n) is 9.64. The number of aryl methyl sites for hydroxylation is 2. The highest BCUT2D eigenvalue weighted by atomic mass is 35.5. The number of halogens is 2. The molecule has 7 nitrogen and oxygen atoms in total. The zero-order valence-corrected chi connectivity index (χ0v) is 20.3. The highest BCUT2D eigenvalue weighted by Gasteiger charge is 2.43. The van der Waals surface area contributed by atoms with Gasteiger partial charge in [0, 0.05) is 35.3 Å². The maximum absolute atomic E-state index is 14.2. The van der Waals surface area contributed by atoms with Crippen molar-refractivity contribution in [1.29, 1.82) is 0 Å². The second-order valence-corrected chi connectivity index (χ2v) is 10.0. The number of benzene rings is 1. The molecule has 2 aliphatic heterocycles. The molecule has 1 saturated heterocycles. The van der Waals surface area contributed by atoms with E-state index >= 15 is 0 Å². The van der Waals surface area contributed by atoms with Crippen LogP contribution in [0.15, 0.2) is 23.9 Å². The van der Waals surface area contributed by atoms with Gasteiger partial charge in [0.1, 0.15) is 17.7 Å². The Bertz CT molecular complexity index is 1160. The number of aromatic nitrogens is 2. The minimum absolute atomic E-state index is 0.0471. The van der Waals surface area contributed by atoms with Crippen LogP contribution in [-0.2, 0) is 0 Å². The van der Waals surface area contributed by atoms with Crippen molar-refractivity contribution in [2.75, 3.05) is 13.1 Å². The number of hydrogen-bond acceptors (Lipinski definition) is 6. The van der Waals surface area contributed by atoms with Crippen LogP contribution in [0.1, 0.15) is 53.8 Å². The Morgan fingerprint density at radius 1 is 1.24 bits per heavy atom. The molecule has 1 aromatic carbocycles. The zero-order valence-electron chi connectivity index (χ0n) is 19.6. The summed E-state index contributed by atoms with van der Waals surface area (Å²) >= 11 is 6.21. The quantitative estimate of drug-likeness (QED) is 0.687. The van der Waals surface area contributed by atoms with Crippen LogP contribution in [0.3, 0.4) is 0 Å². The lowest BCUT2D eigenvalue weighted by Gasteiger charge is -2.48. The average Bonchev–Trinajstić information content (AvgIpc) is 3.15. The van der Waals surface area contributed by atoms with Crippen LogP contribution in [0, 0.1) is 25.6 Å². The van der Waals surface area contributed by atoms with E-state index < -0.39 is 5.82 Å². The lowest BCUT2D eigenvalue weighted by atomic mass is 9.71. The van der Waals surface area contributed by atoms with Crippen LogP contribution in [0.2, 0.25) is 5.02 Å². The molecule has 1 aromatic heterocycles. The van der Waals surface area contributed by atoms with E-state index in [1.54, 1.807) is 4.90 Å². The standard InChI is InChI=1S/C25H29ClFN5O2/c1-12-8-21(16-6-7-20(16)29-12)34-22-9-15(27)4-5-17(22)25(33)32-10-18(19(28)11-32)24-30-13(2)23(26)14(3)31-24/h4-5,9,12,16,20-21,29H,6-8,10-11,28H2,1-3H3/t12?,16?,20?,21-/m1/s1. The Labute approximate surface area is 203 Å². The summed E-state index contributed by atoms with van der Waals surface area (Å²) in [6.07, 6.45) is 2.97. The molecule has 0 spiro atoms. The SMILES string of the molecule is Cc1nc(C2=C(N)CN(C(=O)c3ccc(F)cc3O[C@@H]3CC(C)NC4CCC43)C2)nc(C)c1Cl. The van der Waals surface area contributed by atoms with E-state index in [4.69, 9.17) is 22.1 Å². The summed E-state index contributed by atoms with van der Waals surface area (Å²) in [4.78, 5) is 24.1. The third-order valence-corrected chi connectivity index (χ3v) is 7.73. The maximum atomic E-state index is 14.2. The molecule has 0 radical (unpaired) electrons. The molecule has 0 bridgehead atoms. The third kappa shape index (κ3) is 4.14. The number of nitrogens with two attached hydrogens (primary N) is 1. The predicted molar refractivity (Wildman–Crippen MR) is 128 cm³/mol. The van der Waals surface area contributed by atoms with Crippen molar-refractivity contribution < 1.29 is 13.9 Å². The van der Waals surface area contributed by atoms with E-state index in [0.29, 0.717) is 57.1 Å². The van der Waals surface area contributed by atoms with Crippen molar-refractivity contribution in [2.24, 2.45) is 11.7 Å². The molecule has 9 heteroatoms. The van der Waals surface area contributed by atoms with Crippen LogP contribution in [0.5, 0.6) is 5.75 Å². The number of hydrogen-bond donors (Lipinski definition) is 2. The highest BCUT2D eigenvalue weighted by Crippen LogP contribution is 2.39. The topological polar surface area (TPSA) is 93.4 Å². The van der Waals surface area contributed by atoms with Crippen molar-refractivity contribution in [3.63, 3.8) is 0 Å². The molecule has 2 aromatic rings. The largest absolute Gasteiger partial charge is 0.489 e. The molecule has 2 fully saturated rings. The van der Waals surface area contributed by atoms with Gasteiger partial charge in [0.15, 0.2) is 5.82 Å². The molecular weight excluding hydrogens is 457 g/mol. The van der Waals surface area contributed by atoms with Gasteiger partial charge in [0.05, 0.1) is 35.1 Å². The van der Waals surface area contributed by atoms with Gasteiger partial charge in [-0.05, 0) is 52.2 Å². The summed E-state index contributed by atoms with van der Waals surface area (Å²) < 4.78 is 20.5. The Balaban J connectivity index is 1.37. The van der Waals surface area contributed by atoms with Crippen LogP contribution in [0.25, 0.3) is 5.57 Å². The molecule has 1 aliphatic carbocycles. The van der Waals surface area contributed by atoms with Gasteiger partial charge in [-0.2, -0.15) is 0 Å². The molecule has 1 amide bonds. The highest BCUT2D eigenvalue weighted by molar-refractivity contribution is 6.31. The number of ether oxygens (including phenoxy) is 1. The first-order valence-corrected chi connectivity index (χ1v) is 12.1. The maximum Gasteiger partial charge on any atom is 0.258 e. The minimum atomic E-state index is -0.432. The molecular formula is C25H29ClFN5O2. The van der Waals surface area contributed by atoms with Gasteiger partial charge in [0.25, 0.3) is 5.91 Å². The van der Waals surface area contributed by atoms with Crippen LogP contribution >= 0.6 is 11.6 Å². The molecule has 180 valence electrons. The number of piperidine rings is 1. The fourth-order valence-corrected chi connectivity index (χ4v) is 5.30. The lowest BCUT2D eigenvalue weighted by Crippen LogP contribution is -2.59. The van der Waals surface area contributed by atoms with Crippen LogP contribution in [-0.4, -0.2) is 52.1 Å². The van der Waals surface area contributed by atoms with Crippen molar-refractivity contribution in [3.8, 4) is 5.75 Å². The van der Waals surface area contributed by atoms with Gasteiger partial charge in [-0.25, -0.2) is 14.4 Å². The number of carbonyl (C=O) groups excluding carboxylic acids is 1. The number of fused-ring (bicyclic) bond motifs is 1. The molecule has 34 heavy (non-hydrogen) atoms. The monoisotopic (exact) mass is 485 g/mol. The molecule has 1 saturated carbocycles. The minimum Gasteiger partial charge on any atom is -0.489 e. The summed E-state index contributed by atoms with van der Waals surface area (Å²) in [5, 5.41) is 4.11. The van der Waals surface area contributed by atoms with E-state index in [-0.39, 0.29) is 30.9 Å². The molecule has 3 heterocycles. The Kier molecular flexibility index (Phi) is 5.98. The van der Waals surface area contributed by atoms with Gasteiger partial charge in [-0.15, -0.1) is 0 Å². The predicted octanol–water partition coefficient (Wildman–Crippen LogP) is 3.62. The van der Waals surface area contributed by atoms with Crippen molar-refractivity contribution in [2.45, 2.75) is 58.2 Å². The normalized spacial score (nSPS) is 26.3. The van der Waals surface area contributed by atoms with Gasteiger partial charge >= 0.3 is 0 Å². The fourth-order valence-electron chi connectivity index (χ4n) is 5.22. The zero-order chi connectivity index (χ0) is 24.1. The summed E-state index contributed by atoms with van der Waals surface area (Å²) in [6.45, 7) is 6.25. The first kappa shape index (κ1) is 23.1. The summed E-state index contributed by atoms with van der Waals surface area (Å²) in [6, 6.07) is 4.85. The van der Waals surface area contributed by atoms with Gasteiger partial charge in [0.2, 0.25) is 0 Å². The summed E-state index contributed by atoms with van der Waals surface area (Å²) in [7, 11) is 0. The van der Waals surface area contributed by atoms with Crippen LogP contribution in [0.4, 0.5) is 4.39 Å². The molecule has 5 rings (SSSR count). The molecule has 3 N–H and O–H groups in total. The third-order valence-electron chi connectivity index (χ3n) is 7.18. The summed E-state index contributed by atoms with van der Waals surface area (Å²) in [5.74, 6) is 0.451. The first-order valence-electron chi connectivity index (χ1n) is 11.7. The lowest BCUT2D eigenvalue weighted by molar-refractivity contribution is 0.00253. The first-order chi connectivity index (χ1) is 16.2.